The molecule has 6 nitrogen and oxygen atoms in total. The van der Waals surface area contributed by atoms with Gasteiger partial charge in [0.25, 0.3) is 0 Å². The van der Waals surface area contributed by atoms with Gasteiger partial charge < -0.3 is 20.3 Å². The van der Waals surface area contributed by atoms with Crippen molar-refractivity contribution >= 4 is 11.9 Å². The zero-order chi connectivity index (χ0) is 69.8. The topological polar surface area (TPSA) is 95.9 Å². The molecule has 6 heteroatoms. The molecule has 2 unspecified atom stereocenters. The summed E-state index contributed by atoms with van der Waals surface area (Å²) < 4.78 is 5.52. The minimum atomic E-state index is -0.661. The molecule has 0 rings (SSSR count). The molecule has 1 amide bonds. The quantitative estimate of drug-likeness (QED) is 0.0417. The van der Waals surface area contributed by atoms with Crippen LogP contribution in [0.25, 0.3) is 0 Å². The minimum Gasteiger partial charge on any atom is -0.466 e. The monoisotopic (exact) mass is 1370 g/mol. The van der Waals surface area contributed by atoms with E-state index in [9.17, 15) is 19.8 Å². The molecule has 0 spiro atoms. The first-order chi connectivity index (χ1) is 48.0. The maximum Gasteiger partial charge on any atom is 0.305 e. The number of ether oxygens (including phenoxy) is 1. The number of nitrogens with one attached hydrogen (secondary N) is 1. The lowest BCUT2D eigenvalue weighted by atomic mass is 10.0. The summed E-state index contributed by atoms with van der Waals surface area (Å²) in [5.41, 5.74) is 0. The van der Waals surface area contributed by atoms with E-state index in [1.807, 2.05) is 0 Å². The van der Waals surface area contributed by atoms with E-state index in [2.05, 4.69) is 19.2 Å². The average molecular weight is 1370 g/mol. The summed E-state index contributed by atoms with van der Waals surface area (Å²) in [5, 5.41) is 23.5. The van der Waals surface area contributed by atoms with Gasteiger partial charge in [0, 0.05) is 12.8 Å². The van der Waals surface area contributed by atoms with Gasteiger partial charge in [-0.1, -0.05) is 508 Å². The fraction of sp³-hybridized carbons (Fsp3) is 0.978. The zero-order valence-electron chi connectivity index (χ0n) is 66.9. The predicted octanol–water partition coefficient (Wildman–Crippen LogP) is 30.8. The Morgan fingerprint density at radius 1 is 0.247 bits per heavy atom. The fourth-order valence-corrected chi connectivity index (χ4v) is 15.2. The Morgan fingerprint density at radius 3 is 0.629 bits per heavy atom. The van der Waals surface area contributed by atoms with Crippen LogP contribution in [-0.4, -0.2) is 47.4 Å². The zero-order valence-corrected chi connectivity index (χ0v) is 66.9. The number of rotatable bonds is 88. The molecule has 0 aromatic rings. The van der Waals surface area contributed by atoms with Crippen molar-refractivity contribution in [2.24, 2.45) is 0 Å². The molecular formula is C91H181NO5. The smallest absolute Gasteiger partial charge is 0.305 e. The number of esters is 1. The molecule has 0 aliphatic heterocycles. The van der Waals surface area contributed by atoms with Crippen molar-refractivity contribution in [2.45, 2.75) is 559 Å². The van der Waals surface area contributed by atoms with Crippen molar-refractivity contribution in [1.82, 2.24) is 5.32 Å². The summed E-state index contributed by atoms with van der Waals surface area (Å²) in [6.45, 7) is 5.04. The van der Waals surface area contributed by atoms with Crippen LogP contribution < -0.4 is 5.32 Å². The molecule has 0 saturated heterocycles. The van der Waals surface area contributed by atoms with E-state index in [0.717, 1.165) is 38.5 Å². The molecule has 0 radical (unpaired) electrons. The first-order valence-electron chi connectivity index (χ1n) is 45.8. The van der Waals surface area contributed by atoms with Gasteiger partial charge in [-0.2, -0.15) is 0 Å². The molecule has 0 aliphatic carbocycles. The summed E-state index contributed by atoms with van der Waals surface area (Å²) in [5.74, 6) is 0.00825. The largest absolute Gasteiger partial charge is 0.466 e. The molecule has 0 saturated carbocycles. The van der Waals surface area contributed by atoms with Crippen LogP contribution in [0.15, 0.2) is 0 Å². The van der Waals surface area contributed by atoms with E-state index < -0.39 is 12.1 Å². The van der Waals surface area contributed by atoms with Crippen LogP contribution in [0.1, 0.15) is 547 Å². The molecule has 0 aromatic heterocycles. The number of aliphatic hydroxyl groups excluding tert-OH is 2. The van der Waals surface area contributed by atoms with E-state index in [1.165, 1.54) is 475 Å². The highest BCUT2D eigenvalue weighted by atomic mass is 16.5. The number of unbranched alkanes of at least 4 members (excludes halogenated alkanes) is 77. The van der Waals surface area contributed by atoms with Crippen LogP contribution in [0, 0.1) is 0 Å². The van der Waals surface area contributed by atoms with Gasteiger partial charge in [0.15, 0.2) is 0 Å². The molecule has 580 valence electrons. The Labute approximate surface area is 610 Å². The summed E-state index contributed by atoms with van der Waals surface area (Å²) in [7, 11) is 0. The molecule has 97 heavy (non-hydrogen) atoms. The van der Waals surface area contributed by atoms with Gasteiger partial charge in [0.05, 0.1) is 25.4 Å². The van der Waals surface area contributed by atoms with Crippen molar-refractivity contribution in [2.75, 3.05) is 13.2 Å². The molecule has 0 aromatic carbocycles. The number of hydrogen-bond acceptors (Lipinski definition) is 5. The highest BCUT2D eigenvalue weighted by molar-refractivity contribution is 5.76. The average Bonchev–Trinajstić information content (AvgIpc) is 2.81. The molecule has 2 atom stereocenters. The lowest BCUT2D eigenvalue weighted by Crippen LogP contribution is -2.45. The SMILES string of the molecule is CCCCCCCCCCCCCCCCCCCCCCCCCCC(O)C(CO)NC(=O)CCCCCCCCCCCCCCCCCCCCCCCCCCCCCCCCCCCCCCCCCOC(=O)CCCCCCCCCCCCCCCCCCC. The van der Waals surface area contributed by atoms with Crippen LogP contribution in [0.2, 0.25) is 0 Å². The Balaban J connectivity index is 3.29. The molecular weight excluding hydrogens is 1190 g/mol. The summed E-state index contributed by atoms with van der Waals surface area (Å²) in [6, 6.07) is -0.537. The van der Waals surface area contributed by atoms with Crippen molar-refractivity contribution in [3.63, 3.8) is 0 Å². The van der Waals surface area contributed by atoms with Gasteiger partial charge in [-0.15, -0.1) is 0 Å². The Kier molecular flexibility index (Phi) is 86.2. The maximum atomic E-state index is 12.6. The Hall–Kier alpha value is -1.14. The molecule has 0 heterocycles. The van der Waals surface area contributed by atoms with Crippen molar-refractivity contribution in [1.29, 1.82) is 0 Å². The number of carbonyl (C=O) groups excluding carboxylic acids is 2. The second-order valence-electron chi connectivity index (χ2n) is 32.0. The highest BCUT2D eigenvalue weighted by Crippen LogP contribution is 2.22. The molecule has 0 aliphatic rings. The summed E-state index contributed by atoms with van der Waals surface area (Å²) in [6.07, 6.45) is 111. The van der Waals surface area contributed by atoms with Crippen LogP contribution >= 0.6 is 0 Å². The van der Waals surface area contributed by atoms with Crippen LogP contribution in [-0.2, 0) is 14.3 Å². The number of aliphatic hydroxyl groups is 2. The van der Waals surface area contributed by atoms with E-state index in [1.54, 1.807) is 0 Å². The van der Waals surface area contributed by atoms with Crippen molar-refractivity contribution in [3.8, 4) is 0 Å². The van der Waals surface area contributed by atoms with Crippen LogP contribution in [0.3, 0.4) is 0 Å². The van der Waals surface area contributed by atoms with Crippen molar-refractivity contribution < 1.29 is 24.5 Å². The lowest BCUT2D eigenvalue weighted by molar-refractivity contribution is -0.143. The van der Waals surface area contributed by atoms with E-state index in [4.69, 9.17) is 4.74 Å². The second kappa shape index (κ2) is 87.3. The normalized spacial score (nSPS) is 12.3. The molecule has 3 N–H and O–H groups in total. The highest BCUT2D eigenvalue weighted by Gasteiger charge is 2.20. The van der Waals surface area contributed by atoms with Gasteiger partial charge in [-0.05, 0) is 25.7 Å². The molecule has 0 bridgehead atoms. The number of amides is 1. The lowest BCUT2D eigenvalue weighted by Gasteiger charge is -2.22. The third-order valence-electron chi connectivity index (χ3n) is 22.2. The number of hydrogen-bond donors (Lipinski definition) is 3. The first kappa shape index (κ1) is 95.9. The van der Waals surface area contributed by atoms with Gasteiger partial charge in [0.2, 0.25) is 5.91 Å². The van der Waals surface area contributed by atoms with Crippen molar-refractivity contribution in [3.05, 3.63) is 0 Å². The van der Waals surface area contributed by atoms with Gasteiger partial charge in [-0.3, -0.25) is 9.59 Å². The van der Waals surface area contributed by atoms with E-state index in [-0.39, 0.29) is 18.5 Å². The number of carbonyl (C=O) groups is 2. The summed E-state index contributed by atoms with van der Waals surface area (Å²) in [4.78, 5) is 24.7. The van der Waals surface area contributed by atoms with E-state index >= 15 is 0 Å². The van der Waals surface area contributed by atoms with Crippen LogP contribution in [0.5, 0.6) is 0 Å². The van der Waals surface area contributed by atoms with E-state index in [0.29, 0.717) is 25.9 Å². The minimum absolute atomic E-state index is 0.0216. The summed E-state index contributed by atoms with van der Waals surface area (Å²) >= 11 is 0. The Morgan fingerprint density at radius 2 is 0.423 bits per heavy atom. The van der Waals surface area contributed by atoms with Gasteiger partial charge in [-0.25, -0.2) is 0 Å². The Bertz CT molecular complexity index is 1440. The third kappa shape index (κ3) is 83.7. The van der Waals surface area contributed by atoms with Gasteiger partial charge in [0.1, 0.15) is 0 Å². The third-order valence-corrected chi connectivity index (χ3v) is 22.2. The fourth-order valence-electron chi connectivity index (χ4n) is 15.2. The molecule has 0 fully saturated rings. The predicted molar refractivity (Wildman–Crippen MR) is 431 cm³/mol. The first-order valence-corrected chi connectivity index (χ1v) is 45.8. The second-order valence-corrected chi connectivity index (χ2v) is 32.0. The maximum absolute atomic E-state index is 12.6. The van der Waals surface area contributed by atoms with Crippen LogP contribution in [0.4, 0.5) is 0 Å². The van der Waals surface area contributed by atoms with Gasteiger partial charge >= 0.3 is 5.97 Å². The standard InChI is InChI=1S/C91H181NO5/c1-3-5-7-9-11-13-15-17-19-21-22-23-24-42-45-48-52-55-59-63-67-71-75-79-83-89(94)88(87-93)92-90(95)84-80-76-72-68-64-60-56-53-49-46-43-40-38-36-34-32-30-28-26-25-27-29-31-33-35-37-39-41-44-47-50-54-58-62-66-70-74-78-82-86-97-91(96)85-81-77-73-69-65-61-57-51-20-18-16-14-12-10-8-6-4-2/h88-89,93-94H,3-87H2,1-2H3,(H,92,95).